The van der Waals surface area contributed by atoms with Gasteiger partial charge in [0.25, 0.3) is 5.91 Å². The van der Waals surface area contributed by atoms with Crippen molar-refractivity contribution in [1.29, 1.82) is 0 Å². The van der Waals surface area contributed by atoms with Gasteiger partial charge in [-0.2, -0.15) is 0 Å². The average molecular weight is 394 g/mol. The van der Waals surface area contributed by atoms with Crippen molar-refractivity contribution in [2.45, 2.75) is 30.9 Å². The van der Waals surface area contributed by atoms with Gasteiger partial charge >= 0.3 is 0 Å². The van der Waals surface area contributed by atoms with Gasteiger partial charge in [-0.05, 0) is 56.1 Å². The van der Waals surface area contributed by atoms with E-state index in [9.17, 15) is 9.90 Å². The second-order valence-corrected chi connectivity index (χ2v) is 8.50. The van der Waals surface area contributed by atoms with Gasteiger partial charge in [-0.15, -0.1) is 0 Å². The minimum atomic E-state index is -0.923. The van der Waals surface area contributed by atoms with E-state index in [1.807, 2.05) is 78.5 Å². The standard InChI is InChI=1S/C24H31N3O2/c1-25(2)21-12-8-9-19(17-21)23(28)27-16-13-24(29,20-10-4-3-5-11-20)22(18-27)26-14-6-7-15-26/h3-5,8-12,17,22,29H,6-7,13-16,18H2,1-2H3/t22-,24+/m1/s1. The van der Waals surface area contributed by atoms with Crippen LogP contribution in [0.1, 0.15) is 35.2 Å². The molecular weight excluding hydrogens is 362 g/mol. The molecule has 2 fully saturated rings. The number of anilines is 1. The van der Waals surface area contributed by atoms with Gasteiger partial charge in [0.1, 0.15) is 5.60 Å². The number of aliphatic hydroxyl groups is 1. The van der Waals surface area contributed by atoms with Gasteiger partial charge in [0.15, 0.2) is 0 Å². The fourth-order valence-electron chi connectivity index (χ4n) is 4.74. The number of amides is 1. The summed E-state index contributed by atoms with van der Waals surface area (Å²) in [6.07, 6.45) is 2.86. The molecule has 1 amide bonds. The summed E-state index contributed by atoms with van der Waals surface area (Å²) < 4.78 is 0. The number of carbonyl (C=O) groups is 1. The maximum Gasteiger partial charge on any atom is 0.253 e. The molecule has 1 N–H and O–H groups in total. The first-order valence-corrected chi connectivity index (χ1v) is 10.6. The van der Waals surface area contributed by atoms with Crippen LogP contribution in [0.3, 0.4) is 0 Å². The molecule has 0 spiro atoms. The van der Waals surface area contributed by atoms with Gasteiger partial charge in [-0.25, -0.2) is 0 Å². The number of hydrogen-bond donors (Lipinski definition) is 1. The summed E-state index contributed by atoms with van der Waals surface area (Å²) in [5.41, 5.74) is 1.76. The third kappa shape index (κ3) is 3.89. The molecule has 0 bridgehead atoms. The Labute approximate surface area is 173 Å². The van der Waals surface area contributed by atoms with E-state index in [0.717, 1.165) is 37.2 Å². The number of carbonyl (C=O) groups excluding carboxylic acids is 1. The summed E-state index contributed by atoms with van der Waals surface area (Å²) in [5.74, 6) is 0.0491. The lowest BCUT2D eigenvalue weighted by Crippen LogP contribution is -2.61. The van der Waals surface area contributed by atoms with Crippen LogP contribution < -0.4 is 4.90 Å². The Bertz CT molecular complexity index is 848. The van der Waals surface area contributed by atoms with Crippen LogP contribution in [0.15, 0.2) is 54.6 Å². The highest BCUT2D eigenvalue weighted by atomic mass is 16.3. The highest BCUT2D eigenvalue weighted by Crippen LogP contribution is 2.37. The van der Waals surface area contributed by atoms with Crippen molar-refractivity contribution in [2.24, 2.45) is 0 Å². The molecule has 2 heterocycles. The summed E-state index contributed by atoms with van der Waals surface area (Å²) in [6.45, 7) is 3.08. The summed E-state index contributed by atoms with van der Waals surface area (Å²) in [7, 11) is 3.96. The highest BCUT2D eigenvalue weighted by Gasteiger charge is 2.47. The van der Waals surface area contributed by atoms with Crippen molar-refractivity contribution < 1.29 is 9.90 Å². The predicted octanol–water partition coefficient (Wildman–Crippen LogP) is 2.95. The predicted molar refractivity (Wildman–Crippen MR) is 116 cm³/mol. The van der Waals surface area contributed by atoms with Crippen molar-refractivity contribution in [3.8, 4) is 0 Å². The summed E-state index contributed by atoms with van der Waals surface area (Å²) in [6, 6.07) is 17.7. The third-order valence-corrected chi connectivity index (χ3v) is 6.46. The second-order valence-electron chi connectivity index (χ2n) is 8.50. The molecule has 0 unspecified atom stereocenters. The van der Waals surface area contributed by atoms with Crippen LogP contribution in [0.4, 0.5) is 5.69 Å². The van der Waals surface area contributed by atoms with Crippen molar-refractivity contribution in [2.75, 3.05) is 45.2 Å². The smallest absolute Gasteiger partial charge is 0.253 e. The molecule has 29 heavy (non-hydrogen) atoms. The minimum absolute atomic E-state index is 0.0491. The maximum absolute atomic E-state index is 13.3. The Kier molecular flexibility index (Phi) is 5.61. The first-order valence-electron chi connectivity index (χ1n) is 10.6. The molecule has 0 saturated carbocycles. The Morgan fingerprint density at radius 1 is 1.03 bits per heavy atom. The largest absolute Gasteiger partial charge is 0.383 e. The molecule has 2 aliphatic heterocycles. The molecule has 2 aromatic rings. The van der Waals surface area contributed by atoms with Gasteiger partial charge in [-0.1, -0.05) is 36.4 Å². The molecule has 0 radical (unpaired) electrons. The van der Waals surface area contributed by atoms with Gasteiger partial charge < -0.3 is 14.9 Å². The molecule has 5 nitrogen and oxygen atoms in total. The maximum atomic E-state index is 13.3. The van der Waals surface area contributed by atoms with Crippen LogP contribution in [0.5, 0.6) is 0 Å². The first-order chi connectivity index (χ1) is 14.0. The third-order valence-electron chi connectivity index (χ3n) is 6.46. The lowest BCUT2D eigenvalue weighted by atomic mass is 9.79. The first kappa shape index (κ1) is 19.9. The van der Waals surface area contributed by atoms with Crippen LogP contribution in [0, 0.1) is 0 Å². The van der Waals surface area contributed by atoms with E-state index in [-0.39, 0.29) is 11.9 Å². The van der Waals surface area contributed by atoms with Crippen molar-refractivity contribution in [3.05, 3.63) is 65.7 Å². The Balaban J connectivity index is 1.60. The van der Waals surface area contributed by atoms with Gasteiger partial charge in [0.05, 0.1) is 6.04 Å². The molecule has 0 aromatic heterocycles. The molecule has 154 valence electrons. The zero-order valence-electron chi connectivity index (χ0n) is 17.4. The number of rotatable bonds is 4. The molecule has 2 aromatic carbocycles. The topological polar surface area (TPSA) is 47.0 Å². The van der Waals surface area contributed by atoms with E-state index < -0.39 is 5.60 Å². The monoisotopic (exact) mass is 393 g/mol. The molecule has 4 rings (SSSR count). The van der Waals surface area contributed by atoms with E-state index in [2.05, 4.69) is 4.90 Å². The number of nitrogens with zero attached hydrogens (tertiary/aromatic N) is 3. The van der Waals surface area contributed by atoms with Gasteiger partial charge in [0.2, 0.25) is 0 Å². The van der Waals surface area contributed by atoms with Crippen LogP contribution in [0.25, 0.3) is 0 Å². The quantitative estimate of drug-likeness (QED) is 0.868. The SMILES string of the molecule is CN(C)c1cccc(C(=O)N2CC[C@](O)(c3ccccc3)[C@H](N3CCCC3)C2)c1. The zero-order chi connectivity index (χ0) is 20.4. The van der Waals surface area contributed by atoms with Gasteiger partial charge in [-0.3, -0.25) is 9.69 Å². The fraction of sp³-hybridized carbons (Fsp3) is 0.458. The second kappa shape index (κ2) is 8.17. The van der Waals surface area contributed by atoms with Crippen LogP contribution in [-0.4, -0.2) is 67.1 Å². The molecular formula is C24H31N3O2. The molecule has 2 atom stereocenters. The molecule has 2 saturated heterocycles. The van der Waals surface area contributed by atoms with Crippen molar-refractivity contribution >= 4 is 11.6 Å². The number of piperidine rings is 1. The lowest BCUT2D eigenvalue weighted by molar-refractivity contribution is -0.0878. The summed E-state index contributed by atoms with van der Waals surface area (Å²) in [4.78, 5) is 19.6. The molecule has 0 aliphatic carbocycles. The van der Waals surface area contributed by atoms with E-state index >= 15 is 0 Å². The van der Waals surface area contributed by atoms with E-state index in [1.54, 1.807) is 0 Å². The zero-order valence-corrected chi connectivity index (χ0v) is 17.4. The Hall–Kier alpha value is -2.37. The number of likely N-dealkylation sites (tertiary alicyclic amines) is 2. The van der Waals surface area contributed by atoms with Gasteiger partial charge in [0, 0.05) is 38.4 Å². The number of benzene rings is 2. The number of hydrogen-bond acceptors (Lipinski definition) is 4. The summed E-state index contributed by atoms with van der Waals surface area (Å²) in [5, 5.41) is 11.8. The summed E-state index contributed by atoms with van der Waals surface area (Å²) >= 11 is 0. The average Bonchev–Trinajstić information content (AvgIpc) is 3.29. The lowest BCUT2D eigenvalue weighted by Gasteiger charge is -2.48. The normalized spacial score (nSPS) is 25.2. The Morgan fingerprint density at radius 2 is 1.76 bits per heavy atom. The van der Waals surface area contributed by atoms with E-state index in [0.29, 0.717) is 25.1 Å². The molecule has 2 aliphatic rings. The van der Waals surface area contributed by atoms with Crippen LogP contribution in [-0.2, 0) is 5.60 Å². The molecule has 5 heteroatoms. The fourth-order valence-corrected chi connectivity index (χ4v) is 4.74. The minimum Gasteiger partial charge on any atom is -0.383 e. The van der Waals surface area contributed by atoms with E-state index in [4.69, 9.17) is 0 Å². The van der Waals surface area contributed by atoms with Crippen LogP contribution >= 0.6 is 0 Å². The Morgan fingerprint density at radius 3 is 2.45 bits per heavy atom. The van der Waals surface area contributed by atoms with Crippen molar-refractivity contribution in [1.82, 2.24) is 9.80 Å². The highest BCUT2D eigenvalue weighted by molar-refractivity contribution is 5.95. The van der Waals surface area contributed by atoms with Crippen LogP contribution in [0.2, 0.25) is 0 Å². The van der Waals surface area contributed by atoms with E-state index in [1.165, 1.54) is 0 Å². The van der Waals surface area contributed by atoms with Crippen molar-refractivity contribution in [3.63, 3.8) is 0 Å².